The first-order valence-electron chi connectivity index (χ1n) is 19.8. The second-order valence-corrected chi connectivity index (χ2v) is 13.2. The van der Waals surface area contributed by atoms with Crippen LogP contribution in [-0.4, -0.2) is 35.6 Å². The van der Waals surface area contributed by atoms with Crippen LogP contribution >= 0.6 is 0 Å². The molecule has 0 unspecified atom stereocenters. The lowest BCUT2D eigenvalue weighted by molar-refractivity contribution is -0.154. The Labute approximate surface area is 295 Å². The predicted molar refractivity (Wildman–Crippen MR) is 203 cm³/mol. The van der Waals surface area contributed by atoms with Crippen molar-refractivity contribution in [1.29, 1.82) is 0 Å². The highest BCUT2D eigenvalue weighted by atomic mass is 16.5. The molecule has 48 heavy (non-hydrogen) atoms. The van der Waals surface area contributed by atoms with E-state index in [0.29, 0.717) is 0 Å². The molecule has 0 aromatic rings. The number of amides is 1. The van der Waals surface area contributed by atoms with Gasteiger partial charge in [0.1, 0.15) is 6.42 Å². The molecule has 0 aliphatic carbocycles. The van der Waals surface area contributed by atoms with Crippen LogP contribution in [0.3, 0.4) is 0 Å². The van der Waals surface area contributed by atoms with E-state index in [-0.39, 0.29) is 11.9 Å². The number of rotatable bonds is 35. The summed E-state index contributed by atoms with van der Waals surface area (Å²) in [6.45, 7) is 4.06. The number of carboxylic acid groups (broad SMARTS) is 1. The lowest BCUT2D eigenvalue weighted by atomic mass is 9.99. The van der Waals surface area contributed by atoms with Gasteiger partial charge < -0.3 is 15.2 Å². The number of ether oxygens (including phenoxy) is 1. The molecular formula is C42H73NO5. The van der Waals surface area contributed by atoms with Gasteiger partial charge in [-0.2, -0.15) is 0 Å². The molecular weight excluding hydrogens is 598 g/mol. The van der Waals surface area contributed by atoms with Gasteiger partial charge in [-0.1, -0.05) is 152 Å². The summed E-state index contributed by atoms with van der Waals surface area (Å²) in [5.74, 6) is -2.49. The van der Waals surface area contributed by atoms with Gasteiger partial charge in [0.15, 0.2) is 6.61 Å². The fourth-order valence-corrected chi connectivity index (χ4v) is 5.64. The molecule has 0 heterocycles. The van der Waals surface area contributed by atoms with Gasteiger partial charge >= 0.3 is 11.9 Å². The first-order chi connectivity index (χ1) is 23.5. The summed E-state index contributed by atoms with van der Waals surface area (Å²) in [6, 6.07) is 0.0624. The quantitative estimate of drug-likeness (QED) is 0.0303. The molecule has 6 heteroatoms. The summed E-state index contributed by atoms with van der Waals surface area (Å²) in [6.07, 6.45) is 48.5. The highest BCUT2D eigenvalue weighted by Crippen LogP contribution is 2.15. The zero-order valence-electron chi connectivity index (χ0n) is 31.1. The highest BCUT2D eigenvalue weighted by Gasteiger charge is 2.15. The summed E-state index contributed by atoms with van der Waals surface area (Å²) >= 11 is 0. The van der Waals surface area contributed by atoms with Crippen molar-refractivity contribution in [3.05, 3.63) is 48.6 Å². The molecule has 0 aromatic heterocycles. The Hall–Kier alpha value is -2.63. The summed E-state index contributed by atoms with van der Waals surface area (Å²) in [5.41, 5.74) is 0. The second-order valence-electron chi connectivity index (χ2n) is 13.2. The first-order valence-corrected chi connectivity index (χ1v) is 19.8. The number of aliphatic carboxylic acids is 1. The van der Waals surface area contributed by atoms with Gasteiger partial charge in [0, 0.05) is 6.04 Å². The molecule has 0 aliphatic heterocycles. The van der Waals surface area contributed by atoms with Crippen LogP contribution in [0.4, 0.5) is 0 Å². The zero-order valence-corrected chi connectivity index (χ0v) is 31.1. The van der Waals surface area contributed by atoms with Crippen molar-refractivity contribution in [3.8, 4) is 0 Å². The molecule has 0 rings (SSSR count). The van der Waals surface area contributed by atoms with Gasteiger partial charge in [-0.3, -0.25) is 14.4 Å². The van der Waals surface area contributed by atoms with E-state index in [0.717, 1.165) is 64.2 Å². The van der Waals surface area contributed by atoms with Gasteiger partial charge in [0.05, 0.1) is 0 Å². The average Bonchev–Trinajstić information content (AvgIpc) is 3.06. The summed E-state index contributed by atoms with van der Waals surface area (Å²) in [7, 11) is 0. The molecule has 0 saturated carbocycles. The van der Waals surface area contributed by atoms with Crippen LogP contribution < -0.4 is 5.32 Å². The van der Waals surface area contributed by atoms with E-state index in [1.165, 1.54) is 103 Å². The molecule has 1 amide bonds. The zero-order chi connectivity index (χ0) is 35.2. The van der Waals surface area contributed by atoms with Gasteiger partial charge in [-0.15, -0.1) is 0 Å². The number of carbonyl (C=O) groups excluding carboxylic acids is 2. The maximum absolute atomic E-state index is 12.4. The molecule has 0 saturated heterocycles. The molecule has 0 radical (unpaired) electrons. The Morgan fingerprint density at radius 2 is 0.917 bits per heavy atom. The minimum Gasteiger partial charge on any atom is -0.481 e. The van der Waals surface area contributed by atoms with Crippen LogP contribution in [0.2, 0.25) is 0 Å². The van der Waals surface area contributed by atoms with E-state index in [9.17, 15) is 14.4 Å². The third-order valence-electron chi connectivity index (χ3n) is 8.53. The maximum Gasteiger partial charge on any atom is 0.317 e. The molecule has 0 fully saturated rings. The van der Waals surface area contributed by atoms with Crippen LogP contribution in [-0.2, 0) is 19.1 Å². The molecule has 2 N–H and O–H groups in total. The second kappa shape index (κ2) is 37.2. The van der Waals surface area contributed by atoms with Crippen molar-refractivity contribution in [2.45, 2.75) is 193 Å². The van der Waals surface area contributed by atoms with Crippen molar-refractivity contribution in [1.82, 2.24) is 5.32 Å². The van der Waals surface area contributed by atoms with Crippen LogP contribution in [0.5, 0.6) is 0 Å². The first kappa shape index (κ1) is 45.4. The Kier molecular flexibility index (Phi) is 35.2. The third kappa shape index (κ3) is 36.2. The van der Waals surface area contributed by atoms with E-state index in [2.05, 4.69) is 67.8 Å². The molecule has 0 spiro atoms. The topological polar surface area (TPSA) is 92.7 Å². The van der Waals surface area contributed by atoms with E-state index >= 15 is 0 Å². The number of esters is 1. The summed E-state index contributed by atoms with van der Waals surface area (Å²) in [4.78, 5) is 34.6. The SMILES string of the molecule is CCCCC/C=C\C/C=C\CCCCCCCCC(CCCCCCCC/C=C\C/C=C\CCCCC)NC(=O)COC(=O)CC(=O)O. The van der Waals surface area contributed by atoms with E-state index in [1.807, 2.05) is 0 Å². The fourth-order valence-electron chi connectivity index (χ4n) is 5.64. The monoisotopic (exact) mass is 672 g/mol. The Morgan fingerprint density at radius 1 is 0.542 bits per heavy atom. The van der Waals surface area contributed by atoms with Crippen LogP contribution in [0, 0.1) is 0 Å². The Balaban J connectivity index is 4.16. The normalized spacial score (nSPS) is 12.0. The van der Waals surface area contributed by atoms with Crippen molar-refractivity contribution < 1.29 is 24.2 Å². The van der Waals surface area contributed by atoms with Crippen molar-refractivity contribution in [3.63, 3.8) is 0 Å². The molecule has 0 bridgehead atoms. The van der Waals surface area contributed by atoms with Gasteiger partial charge in [0.25, 0.3) is 5.91 Å². The molecule has 276 valence electrons. The molecule has 0 aromatic carbocycles. The van der Waals surface area contributed by atoms with E-state index < -0.39 is 25.0 Å². The highest BCUT2D eigenvalue weighted by molar-refractivity contribution is 5.91. The number of carbonyl (C=O) groups is 3. The number of nitrogens with one attached hydrogen (secondary N) is 1. The average molecular weight is 672 g/mol. The lowest BCUT2D eigenvalue weighted by Crippen LogP contribution is -2.37. The number of hydrogen-bond donors (Lipinski definition) is 2. The third-order valence-corrected chi connectivity index (χ3v) is 8.53. The van der Waals surface area contributed by atoms with Crippen molar-refractivity contribution in [2.24, 2.45) is 0 Å². The van der Waals surface area contributed by atoms with Crippen molar-refractivity contribution in [2.75, 3.05) is 6.61 Å². The smallest absolute Gasteiger partial charge is 0.317 e. The van der Waals surface area contributed by atoms with E-state index in [1.54, 1.807) is 0 Å². The minimum atomic E-state index is -1.26. The number of unbranched alkanes of at least 4 members (excludes halogenated alkanes) is 18. The number of allylic oxidation sites excluding steroid dienone is 8. The molecule has 6 nitrogen and oxygen atoms in total. The molecule has 0 aliphatic rings. The lowest BCUT2D eigenvalue weighted by Gasteiger charge is -2.19. The largest absolute Gasteiger partial charge is 0.481 e. The molecule has 0 atom stereocenters. The van der Waals surface area contributed by atoms with Crippen molar-refractivity contribution >= 4 is 17.8 Å². The summed E-state index contributed by atoms with van der Waals surface area (Å²) in [5, 5.41) is 11.8. The number of carboxylic acids is 1. The van der Waals surface area contributed by atoms with Crippen LogP contribution in [0.25, 0.3) is 0 Å². The standard InChI is InChI=1S/C42H73NO5/c1-3-5-7-9-11-13-15-17-19-21-23-25-27-29-31-33-35-39(43-40(44)38-48-42(47)37-41(45)46)36-34-32-30-28-26-24-22-20-18-16-14-12-10-8-6-4-2/h11-14,17-20,39H,3-10,15-16,21-38H2,1-2H3,(H,43,44)(H,45,46)/b13-11-,14-12-,19-17-,20-18-. The van der Waals surface area contributed by atoms with Crippen LogP contribution in [0.1, 0.15) is 187 Å². The van der Waals surface area contributed by atoms with Crippen LogP contribution in [0.15, 0.2) is 48.6 Å². The minimum absolute atomic E-state index is 0.0624. The van der Waals surface area contributed by atoms with E-state index in [4.69, 9.17) is 9.84 Å². The number of hydrogen-bond acceptors (Lipinski definition) is 4. The fraction of sp³-hybridized carbons (Fsp3) is 0.738. The Morgan fingerprint density at radius 3 is 1.31 bits per heavy atom. The van der Waals surface area contributed by atoms with Gasteiger partial charge in [-0.25, -0.2) is 0 Å². The Bertz CT molecular complexity index is 827. The predicted octanol–water partition coefficient (Wildman–Crippen LogP) is 11.9. The van der Waals surface area contributed by atoms with Gasteiger partial charge in [0.2, 0.25) is 0 Å². The van der Waals surface area contributed by atoms with Gasteiger partial charge in [-0.05, 0) is 77.0 Å². The summed E-state index contributed by atoms with van der Waals surface area (Å²) < 4.78 is 4.84. The maximum atomic E-state index is 12.4.